The first kappa shape index (κ1) is 23.5. The fourth-order valence-corrected chi connectivity index (χ4v) is 6.64. The standard InChI is InChI=1S/C19H24N4O5S3/c1-3-7-23-18(26)17-14(5-8-29-17)21-19(23)30-11-16(25)22(4-2)10-15(24)20-13-6-9-31(27,28)12-13/h3,5,8,13H,1,4,6-7,9-12H2,2H3,(H,20,24)/t13-/m1/s1. The number of sulfone groups is 1. The molecular weight excluding hydrogens is 460 g/mol. The lowest BCUT2D eigenvalue weighted by molar-refractivity contribution is -0.134. The molecule has 3 heterocycles. The van der Waals surface area contributed by atoms with E-state index in [9.17, 15) is 22.8 Å². The van der Waals surface area contributed by atoms with Crippen molar-refractivity contribution < 1.29 is 18.0 Å². The van der Waals surface area contributed by atoms with Crippen molar-refractivity contribution in [2.45, 2.75) is 31.1 Å². The Morgan fingerprint density at radius 1 is 1.48 bits per heavy atom. The number of allylic oxidation sites excluding steroid dienone is 1. The van der Waals surface area contributed by atoms with Crippen LogP contribution in [0.15, 0.2) is 34.1 Å². The Morgan fingerprint density at radius 2 is 2.26 bits per heavy atom. The molecule has 1 saturated heterocycles. The smallest absolute Gasteiger partial charge is 0.272 e. The van der Waals surface area contributed by atoms with Gasteiger partial charge in [-0.25, -0.2) is 13.4 Å². The molecule has 1 aliphatic heterocycles. The van der Waals surface area contributed by atoms with Gasteiger partial charge in [-0.3, -0.25) is 19.0 Å². The van der Waals surface area contributed by atoms with Crippen molar-refractivity contribution in [1.29, 1.82) is 0 Å². The minimum absolute atomic E-state index is 0.0121. The van der Waals surface area contributed by atoms with Crippen LogP contribution in [0.4, 0.5) is 0 Å². The summed E-state index contributed by atoms with van der Waals surface area (Å²) in [6.07, 6.45) is 1.99. The molecule has 1 N–H and O–H groups in total. The number of aromatic nitrogens is 2. The van der Waals surface area contributed by atoms with E-state index in [2.05, 4.69) is 16.9 Å². The maximum atomic E-state index is 12.7. The molecule has 2 aromatic rings. The van der Waals surface area contributed by atoms with Gasteiger partial charge < -0.3 is 10.2 Å². The zero-order valence-electron chi connectivity index (χ0n) is 17.1. The first-order chi connectivity index (χ1) is 14.7. The molecule has 0 aliphatic carbocycles. The molecule has 31 heavy (non-hydrogen) atoms. The fourth-order valence-electron chi connectivity index (χ4n) is 3.27. The van der Waals surface area contributed by atoms with Gasteiger partial charge in [0.1, 0.15) is 4.70 Å². The van der Waals surface area contributed by atoms with Gasteiger partial charge in [0.25, 0.3) is 5.56 Å². The Bertz CT molecular complexity index is 1150. The van der Waals surface area contributed by atoms with Gasteiger partial charge in [-0.1, -0.05) is 17.8 Å². The van der Waals surface area contributed by atoms with Gasteiger partial charge in [-0.15, -0.1) is 17.9 Å². The zero-order chi connectivity index (χ0) is 22.6. The molecule has 1 fully saturated rings. The summed E-state index contributed by atoms with van der Waals surface area (Å²) in [5.41, 5.74) is 0.414. The van der Waals surface area contributed by atoms with Gasteiger partial charge in [0, 0.05) is 19.1 Å². The minimum atomic E-state index is -3.09. The first-order valence-corrected chi connectivity index (χ1v) is 13.4. The van der Waals surface area contributed by atoms with Crippen molar-refractivity contribution in [2.75, 3.05) is 30.3 Å². The number of carbonyl (C=O) groups is 2. The highest BCUT2D eigenvalue weighted by Crippen LogP contribution is 2.21. The number of nitrogens with zero attached hydrogens (tertiary/aromatic N) is 3. The second kappa shape index (κ2) is 9.96. The molecule has 2 amide bonds. The molecule has 168 valence electrons. The first-order valence-electron chi connectivity index (χ1n) is 9.73. The van der Waals surface area contributed by atoms with Crippen LogP contribution in [0, 0.1) is 0 Å². The summed E-state index contributed by atoms with van der Waals surface area (Å²) in [7, 11) is -3.09. The monoisotopic (exact) mass is 484 g/mol. The highest BCUT2D eigenvalue weighted by molar-refractivity contribution is 7.99. The average Bonchev–Trinajstić information content (AvgIpc) is 3.32. The van der Waals surface area contributed by atoms with Crippen molar-refractivity contribution in [2.24, 2.45) is 0 Å². The summed E-state index contributed by atoms with van der Waals surface area (Å²) in [5, 5.41) is 4.90. The molecule has 0 saturated carbocycles. The number of carbonyl (C=O) groups excluding carboxylic acids is 2. The van der Waals surface area contributed by atoms with Gasteiger partial charge in [0.05, 0.1) is 29.3 Å². The Labute approximate surface area is 188 Å². The van der Waals surface area contributed by atoms with E-state index in [1.807, 2.05) is 0 Å². The van der Waals surface area contributed by atoms with Gasteiger partial charge in [0.15, 0.2) is 15.0 Å². The topological polar surface area (TPSA) is 118 Å². The predicted molar refractivity (Wildman–Crippen MR) is 122 cm³/mol. The molecule has 0 spiro atoms. The van der Waals surface area contributed by atoms with Crippen LogP contribution in [0.25, 0.3) is 10.2 Å². The molecule has 3 rings (SSSR count). The SMILES string of the molecule is C=CCn1c(SCC(=O)N(CC)CC(=O)N[C@@H]2CCS(=O)(=O)C2)nc2ccsc2c1=O. The number of likely N-dealkylation sites (N-methyl/N-ethyl adjacent to an activating group) is 1. The summed E-state index contributed by atoms with van der Waals surface area (Å²) in [4.78, 5) is 43.5. The second-order valence-electron chi connectivity index (χ2n) is 7.10. The number of amides is 2. The van der Waals surface area contributed by atoms with Crippen molar-refractivity contribution in [3.63, 3.8) is 0 Å². The molecule has 2 aromatic heterocycles. The van der Waals surface area contributed by atoms with Crippen LogP contribution in [-0.4, -0.2) is 71.1 Å². The van der Waals surface area contributed by atoms with Gasteiger partial charge >= 0.3 is 0 Å². The molecule has 0 aromatic carbocycles. The summed E-state index contributed by atoms with van der Waals surface area (Å²) in [6, 6.07) is 1.35. The lowest BCUT2D eigenvalue weighted by Crippen LogP contribution is -2.45. The lowest BCUT2D eigenvalue weighted by Gasteiger charge is -2.21. The van der Waals surface area contributed by atoms with Crippen LogP contribution in [-0.2, 0) is 26.0 Å². The van der Waals surface area contributed by atoms with Crippen LogP contribution in [0.5, 0.6) is 0 Å². The molecular formula is C19H24N4O5S3. The zero-order valence-corrected chi connectivity index (χ0v) is 19.5. The van der Waals surface area contributed by atoms with Gasteiger partial charge in [0.2, 0.25) is 11.8 Å². The van der Waals surface area contributed by atoms with Crippen molar-refractivity contribution in [1.82, 2.24) is 19.8 Å². The van der Waals surface area contributed by atoms with E-state index in [0.717, 1.165) is 11.8 Å². The Kier molecular flexibility index (Phi) is 7.55. The largest absolute Gasteiger partial charge is 0.351 e. The molecule has 9 nitrogen and oxygen atoms in total. The van der Waals surface area contributed by atoms with Crippen LogP contribution >= 0.6 is 23.1 Å². The van der Waals surface area contributed by atoms with Crippen molar-refractivity contribution in [3.8, 4) is 0 Å². The van der Waals surface area contributed by atoms with Crippen LogP contribution < -0.4 is 10.9 Å². The maximum Gasteiger partial charge on any atom is 0.272 e. The molecule has 12 heteroatoms. The van der Waals surface area contributed by atoms with E-state index in [-0.39, 0.29) is 47.7 Å². The highest BCUT2D eigenvalue weighted by atomic mass is 32.2. The number of hydrogen-bond donors (Lipinski definition) is 1. The number of thiophene rings is 1. The van der Waals surface area contributed by atoms with Crippen molar-refractivity contribution in [3.05, 3.63) is 34.5 Å². The Morgan fingerprint density at radius 3 is 2.90 bits per heavy atom. The van der Waals surface area contributed by atoms with Crippen LogP contribution in [0.3, 0.4) is 0 Å². The van der Waals surface area contributed by atoms with E-state index < -0.39 is 15.9 Å². The summed E-state index contributed by atoms with van der Waals surface area (Å²) in [6.45, 7) is 5.89. The lowest BCUT2D eigenvalue weighted by atomic mass is 10.2. The van der Waals surface area contributed by atoms with Crippen LogP contribution in [0.2, 0.25) is 0 Å². The molecule has 1 atom stereocenters. The molecule has 1 aliphatic rings. The Balaban J connectivity index is 1.63. The molecule has 0 unspecified atom stereocenters. The third-order valence-electron chi connectivity index (χ3n) is 4.83. The third-order valence-corrected chi connectivity index (χ3v) is 8.45. The molecule has 0 radical (unpaired) electrons. The summed E-state index contributed by atoms with van der Waals surface area (Å²) >= 11 is 2.46. The van der Waals surface area contributed by atoms with Crippen molar-refractivity contribution >= 4 is 55.0 Å². The second-order valence-corrected chi connectivity index (χ2v) is 11.2. The number of nitrogens with one attached hydrogen (secondary N) is 1. The van der Waals surface area contributed by atoms with Crippen LogP contribution in [0.1, 0.15) is 13.3 Å². The van der Waals surface area contributed by atoms with E-state index in [0.29, 0.717) is 28.3 Å². The maximum absolute atomic E-state index is 12.7. The predicted octanol–water partition coefficient (Wildman–Crippen LogP) is 0.888. The average molecular weight is 485 g/mol. The van der Waals surface area contributed by atoms with Gasteiger partial charge in [-0.05, 0) is 24.8 Å². The number of rotatable bonds is 9. The fraction of sp³-hybridized carbons (Fsp3) is 0.474. The van der Waals surface area contributed by atoms with E-state index in [1.54, 1.807) is 24.4 Å². The minimum Gasteiger partial charge on any atom is -0.351 e. The Hall–Kier alpha value is -2.18. The number of hydrogen-bond acceptors (Lipinski definition) is 8. The van der Waals surface area contributed by atoms with E-state index in [1.165, 1.54) is 20.8 Å². The van der Waals surface area contributed by atoms with E-state index >= 15 is 0 Å². The molecule has 0 bridgehead atoms. The quantitative estimate of drug-likeness (QED) is 0.319. The summed E-state index contributed by atoms with van der Waals surface area (Å²) in [5.74, 6) is -0.640. The summed E-state index contributed by atoms with van der Waals surface area (Å²) < 4.78 is 25.1. The number of thioether (sulfide) groups is 1. The third kappa shape index (κ3) is 5.74. The van der Waals surface area contributed by atoms with E-state index in [4.69, 9.17) is 0 Å². The normalized spacial score (nSPS) is 17.5. The number of fused-ring (bicyclic) bond motifs is 1. The van der Waals surface area contributed by atoms with Gasteiger partial charge in [-0.2, -0.15) is 0 Å². The highest BCUT2D eigenvalue weighted by Gasteiger charge is 2.29.